The van der Waals surface area contributed by atoms with Gasteiger partial charge in [0.05, 0.1) is 18.4 Å². The SMILES string of the molecule is CC1CCN(c2nc(-c3cc(-c4ccon4)n(Cc4ccccc4F)n3)ncc2F)CC1.O=CO. The van der Waals surface area contributed by atoms with Crippen molar-refractivity contribution in [2.75, 3.05) is 18.0 Å². The van der Waals surface area contributed by atoms with Crippen LogP contribution in [0.5, 0.6) is 0 Å². The maximum absolute atomic E-state index is 14.6. The maximum atomic E-state index is 14.6. The van der Waals surface area contributed by atoms with Crippen LogP contribution >= 0.6 is 0 Å². The monoisotopic (exact) mass is 482 g/mol. The van der Waals surface area contributed by atoms with Gasteiger partial charge < -0.3 is 14.5 Å². The molecule has 0 saturated carbocycles. The zero-order valence-corrected chi connectivity index (χ0v) is 19.0. The largest absolute Gasteiger partial charge is 0.483 e. The molecule has 1 fully saturated rings. The van der Waals surface area contributed by atoms with Gasteiger partial charge in [-0.25, -0.2) is 18.7 Å². The number of aromatic nitrogens is 5. The molecule has 0 radical (unpaired) electrons. The van der Waals surface area contributed by atoms with Crippen molar-refractivity contribution >= 4 is 12.3 Å². The molecule has 1 aromatic carbocycles. The van der Waals surface area contributed by atoms with Crippen molar-refractivity contribution < 1.29 is 23.2 Å². The summed E-state index contributed by atoms with van der Waals surface area (Å²) in [7, 11) is 0. The van der Waals surface area contributed by atoms with Gasteiger partial charge in [0.15, 0.2) is 17.5 Å². The zero-order valence-electron chi connectivity index (χ0n) is 19.0. The van der Waals surface area contributed by atoms with Crippen LogP contribution in [0.4, 0.5) is 14.6 Å². The average molecular weight is 482 g/mol. The van der Waals surface area contributed by atoms with Crippen LogP contribution in [0.2, 0.25) is 0 Å². The van der Waals surface area contributed by atoms with E-state index < -0.39 is 5.82 Å². The summed E-state index contributed by atoms with van der Waals surface area (Å²) in [6, 6.07) is 9.98. The summed E-state index contributed by atoms with van der Waals surface area (Å²) < 4.78 is 35.4. The smallest absolute Gasteiger partial charge is 0.290 e. The Labute approximate surface area is 200 Å². The summed E-state index contributed by atoms with van der Waals surface area (Å²) in [5.41, 5.74) is 2.10. The van der Waals surface area contributed by atoms with E-state index in [0.717, 1.165) is 25.9 Å². The third kappa shape index (κ3) is 5.51. The Morgan fingerprint density at radius 3 is 2.57 bits per heavy atom. The maximum Gasteiger partial charge on any atom is 0.290 e. The van der Waals surface area contributed by atoms with Gasteiger partial charge in [-0.05, 0) is 30.9 Å². The van der Waals surface area contributed by atoms with Gasteiger partial charge in [0.2, 0.25) is 0 Å². The lowest BCUT2D eigenvalue weighted by atomic mass is 9.99. The van der Waals surface area contributed by atoms with Gasteiger partial charge >= 0.3 is 0 Å². The van der Waals surface area contributed by atoms with Gasteiger partial charge in [-0.15, -0.1) is 0 Å². The molecule has 11 heteroatoms. The molecule has 0 amide bonds. The van der Waals surface area contributed by atoms with Crippen molar-refractivity contribution in [2.24, 2.45) is 5.92 Å². The van der Waals surface area contributed by atoms with Crippen LogP contribution in [0, 0.1) is 17.6 Å². The second-order valence-corrected chi connectivity index (χ2v) is 8.19. The summed E-state index contributed by atoms with van der Waals surface area (Å²) in [5, 5.41) is 15.5. The van der Waals surface area contributed by atoms with Gasteiger partial charge in [0.25, 0.3) is 6.47 Å². The lowest BCUT2D eigenvalue weighted by Gasteiger charge is -2.31. The van der Waals surface area contributed by atoms with E-state index >= 15 is 0 Å². The Kier molecular flexibility index (Phi) is 7.44. The number of carbonyl (C=O) groups is 1. The van der Waals surface area contributed by atoms with Crippen molar-refractivity contribution in [3.63, 3.8) is 0 Å². The first-order valence-electron chi connectivity index (χ1n) is 11.1. The quantitative estimate of drug-likeness (QED) is 0.420. The Morgan fingerprint density at radius 1 is 1.14 bits per heavy atom. The normalized spacial score (nSPS) is 13.9. The molecule has 1 N–H and O–H groups in total. The summed E-state index contributed by atoms with van der Waals surface area (Å²) >= 11 is 0. The standard InChI is InChI=1S/C23H22F2N6O.CH2O2/c1-15-6-9-30(10-7-15)23-18(25)13-26-22(27-23)20-12-21(19-8-11-32-29-19)31(28-20)14-16-4-2-3-5-17(16)24;2-1-3/h2-5,8,11-13,15H,6-7,9-10,14H2,1H3;1H,(H,2,3). The van der Waals surface area contributed by atoms with E-state index in [9.17, 15) is 8.78 Å². The molecular formula is C24H24F2N6O3. The van der Waals surface area contributed by atoms with E-state index in [2.05, 4.69) is 27.1 Å². The highest BCUT2D eigenvalue weighted by molar-refractivity contribution is 5.63. The van der Waals surface area contributed by atoms with Crippen LogP contribution in [0.25, 0.3) is 22.9 Å². The Bertz CT molecular complexity index is 1270. The minimum absolute atomic E-state index is 0.187. The van der Waals surface area contributed by atoms with Gasteiger partial charge in [0, 0.05) is 24.7 Å². The van der Waals surface area contributed by atoms with Gasteiger partial charge in [0.1, 0.15) is 23.5 Å². The summed E-state index contributed by atoms with van der Waals surface area (Å²) in [5.74, 6) is 0.432. The summed E-state index contributed by atoms with van der Waals surface area (Å²) in [6.07, 6.45) is 4.62. The van der Waals surface area contributed by atoms with Crippen molar-refractivity contribution in [3.8, 4) is 22.9 Å². The predicted octanol–water partition coefficient (Wildman–Crippen LogP) is 4.26. The van der Waals surface area contributed by atoms with E-state index in [1.54, 1.807) is 35.0 Å². The number of halogens is 2. The molecule has 3 aromatic heterocycles. The van der Waals surface area contributed by atoms with Gasteiger partial charge in [-0.3, -0.25) is 9.48 Å². The molecule has 0 aliphatic carbocycles. The highest BCUT2D eigenvalue weighted by Crippen LogP contribution is 2.28. The molecule has 0 atom stereocenters. The van der Waals surface area contributed by atoms with Crippen LogP contribution in [0.1, 0.15) is 25.3 Å². The number of hydrogen-bond donors (Lipinski definition) is 1. The van der Waals surface area contributed by atoms with Crippen molar-refractivity contribution in [2.45, 2.75) is 26.3 Å². The number of nitrogens with zero attached hydrogens (tertiary/aromatic N) is 6. The van der Waals surface area contributed by atoms with Crippen molar-refractivity contribution in [1.82, 2.24) is 24.9 Å². The lowest BCUT2D eigenvalue weighted by molar-refractivity contribution is -0.122. The number of rotatable bonds is 5. The molecular weight excluding hydrogens is 458 g/mol. The fraction of sp³-hybridized carbons (Fsp3) is 0.292. The van der Waals surface area contributed by atoms with Crippen LogP contribution in [0.3, 0.4) is 0 Å². The third-order valence-electron chi connectivity index (χ3n) is 5.80. The molecule has 0 spiro atoms. The second-order valence-electron chi connectivity index (χ2n) is 8.19. The topological polar surface area (TPSA) is 110 Å². The van der Waals surface area contributed by atoms with Crippen molar-refractivity contribution in [1.29, 1.82) is 0 Å². The lowest BCUT2D eigenvalue weighted by Crippen LogP contribution is -2.34. The number of hydrogen-bond acceptors (Lipinski definition) is 7. The minimum Gasteiger partial charge on any atom is -0.483 e. The van der Waals surface area contributed by atoms with Crippen LogP contribution in [-0.2, 0) is 11.3 Å². The average Bonchev–Trinajstić information content (AvgIpc) is 3.52. The molecule has 1 saturated heterocycles. The molecule has 4 aromatic rings. The van der Waals surface area contributed by atoms with Crippen molar-refractivity contribution in [3.05, 3.63) is 66.1 Å². The molecule has 35 heavy (non-hydrogen) atoms. The van der Waals surface area contributed by atoms with E-state index in [1.807, 2.05) is 4.90 Å². The molecule has 4 heterocycles. The molecule has 1 aliphatic heterocycles. The summed E-state index contributed by atoms with van der Waals surface area (Å²) in [4.78, 5) is 19.0. The molecule has 182 valence electrons. The Hall–Kier alpha value is -4.15. The molecule has 0 bridgehead atoms. The summed E-state index contributed by atoms with van der Waals surface area (Å²) in [6.45, 7) is 3.64. The number of anilines is 1. The highest BCUT2D eigenvalue weighted by Gasteiger charge is 2.23. The molecule has 5 rings (SSSR count). The zero-order chi connectivity index (χ0) is 24.8. The van der Waals surface area contributed by atoms with Gasteiger partial charge in [-0.1, -0.05) is 30.3 Å². The molecule has 1 aliphatic rings. The first-order chi connectivity index (χ1) is 17.0. The fourth-order valence-corrected chi connectivity index (χ4v) is 3.91. The van der Waals surface area contributed by atoms with Crippen LogP contribution < -0.4 is 4.90 Å². The van der Waals surface area contributed by atoms with E-state index in [-0.39, 0.29) is 24.7 Å². The van der Waals surface area contributed by atoms with E-state index in [1.165, 1.54) is 18.5 Å². The third-order valence-corrected chi connectivity index (χ3v) is 5.80. The number of piperidine rings is 1. The van der Waals surface area contributed by atoms with Gasteiger partial charge in [-0.2, -0.15) is 5.10 Å². The fourth-order valence-electron chi connectivity index (χ4n) is 3.91. The molecule has 9 nitrogen and oxygen atoms in total. The second kappa shape index (κ2) is 10.9. The van der Waals surface area contributed by atoms with Crippen LogP contribution in [-0.4, -0.2) is 49.6 Å². The molecule has 0 unspecified atom stereocenters. The first-order valence-corrected chi connectivity index (χ1v) is 11.1. The predicted molar refractivity (Wildman–Crippen MR) is 124 cm³/mol. The number of benzene rings is 1. The minimum atomic E-state index is -0.453. The Morgan fingerprint density at radius 2 is 1.89 bits per heavy atom. The highest BCUT2D eigenvalue weighted by atomic mass is 19.1. The Balaban J connectivity index is 0.000000917. The van der Waals surface area contributed by atoms with E-state index in [4.69, 9.17) is 14.4 Å². The van der Waals surface area contributed by atoms with E-state index in [0.29, 0.717) is 34.4 Å². The first kappa shape index (κ1) is 24.0. The number of carboxylic acid groups (broad SMARTS) is 1. The van der Waals surface area contributed by atoms with Crippen LogP contribution in [0.15, 0.2) is 53.4 Å².